The molecule has 0 saturated heterocycles. The Morgan fingerprint density at radius 2 is 1.81 bits per heavy atom. The molecule has 3 aromatic carbocycles. The van der Waals surface area contributed by atoms with Crippen LogP contribution < -0.4 is 10.1 Å². The summed E-state index contributed by atoms with van der Waals surface area (Å²) in [6.07, 6.45) is 3.76. The first-order valence-corrected chi connectivity index (χ1v) is 13.7. The quantitative estimate of drug-likeness (QED) is 0.185. The van der Waals surface area contributed by atoms with Gasteiger partial charge in [-0.1, -0.05) is 53.2 Å². The monoisotopic (exact) mass is 571 g/mol. The van der Waals surface area contributed by atoms with Crippen molar-refractivity contribution in [2.24, 2.45) is 0 Å². The molecule has 5 nitrogen and oxygen atoms in total. The maximum atomic E-state index is 9.68. The van der Waals surface area contributed by atoms with Crippen molar-refractivity contribution in [3.05, 3.63) is 107 Å². The lowest BCUT2D eigenvalue weighted by Crippen LogP contribution is -1.99. The van der Waals surface area contributed by atoms with Crippen LogP contribution >= 0.6 is 27.7 Å². The molecule has 0 atom stereocenters. The van der Waals surface area contributed by atoms with Crippen LogP contribution in [0, 0.1) is 0 Å². The van der Waals surface area contributed by atoms with Crippen LogP contribution in [0.2, 0.25) is 0 Å². The SMILES string of the molecule is CCCc1ccc2c(Nc3cc(OCc4cccc(Br)c4)ccc3Sc3ccc(O)cc3)ccnc2n1. The van der Waals surface area contributed by atoms with E-state index in [1.54, 1.807) is 30.1 Å². The molecule has 0 aliphatic carbocycles. The molecule has 2 aromatic heterocycles. The predicted octanol–water partition coefficient (Wildman–Crippen LogP) is 8.52. The third-order valence-electron chi connectivity index (χ3n) is 5.75. The van der Waals surface area contributed by atoms with Gasteiger partial charge in [-0.3, -0.25) is 0 Å². The zero-order chi connectivity index (χ0) is 25.6. The van der Waals surface area contributed by atoms with E-state index in [1.807, 2.05) is 48.5 Å². The number of pyridine rings is 2. The first-order valence-electron chi connectivity index (χ1n) is 12.1. The smallest absolute Gasteiger partial charge is 0.161 e. The zero-order valence-electron chi connectivity index (χ0n) is 20.3. The predicted molar refractivity (Wildman–Crippen MR) is 154 cm³/mol. The maximum Gasteiger partial charge on any atom is 0.161 e. The summed E-state index contributed by atoms with van der Waals surface area (Å²) < 4.78 is 7.17. The number of anilines is 2. The number of rotatable bonds is 9. The van der Waals surface area contributed by atoms with Crippen LogP contribution in [0.3, 0.4) is 0 Å². The van der Waals surface area contributed by atoms with Crippen molar-refractivity contribution in [1.29, 1.82) is 0 Å². The molecule has 5 aromatic rings. The fourth-order valence-corrected chi connectivity index (χ4v) is 5.27. The number of nitrogens with zero attached hydrogens (tertiary/aromatic N) is 2. The number of hydrogen-bond acceptors (Lipinski definition) is 6. The number of fused-ring (bicyclic) bond motifs is 1. The molecule has 0 bridgehead atoms. The highest BCUT2D eigenvalue weighted by Crippen LogP contribution is 2.38. The average molecular weight is 573 g/mol. The molecule has 37 heavy (non-hydrogen) atoms. The second-order valence-corrected chi connectivity index (χ2v) is 10.6. The lowest BCUT2D eigenvalue weighted by Gasteiger charge is -2.16. The van der Waals surface area contributed by atoms with Gasteiger partial charge in [0.05, 0.1) is 11.4 Å². The number of aryl methyl sites for hydroxylation is 1. The van der Waals surface area contributed by atoms with Gasteiger partial charge in [-0.2, -0.15) is 0 Å². The summed E-state index contributed by atoms with van der Waals surface area (Å²) in [5.41, 5.74) is 4.70. The van der Waals surface area contributed by atoms with Gasteiger partial charge in [0, 0.05) is 37.6 Å². The summed E-state index contributed by atoms with van der Waals surface area (Å²) in [7, 11) is 0. The van der Waals surface area contributed by atoms with Gasteiger partial charge >= 0.3 is 0 Å². The number of nitrogens with one attached hydrogen (secondary N) is 1. The van der Waals surface area contributed by atoms with Gasteiger partial charge in [0.1, 0.15) is 18.1 Å². The molecule has 2 N–H and O–H groups in total. The number of aromatic hydroxyl groups is 1. The largest absolute Gasteiger partial charge is 0.508 e. The Bertz CT molecular complexity index is 1530. The molecule has 2 heterocycles. The molecule has 5 rings (SSSR count). The fraction of sp³-hybridized carbons (Fsp3) is 0.133. The van der Waals surface area contributed by atoms with Gasteiger partial charge in [0.25, 0.3) is 0 Å². The third kappa shape index (κ3) is 6.42. The van der Waals surface area contributed by atoms with Crippen LogP contribution in [0.5, 0.6) is 11.5 Å². The second kappa shape index (κ2) is 11.7. The molecule has 186 valence electrons. The molecular formula is C30H26BrN3O2S. The van der Waals surface area contributed by atoms with Crippen molar-refractivity contribution in [3.8, 4) is 11.5 Å². The van der Waals surface area contributed by atoms with Gasteiger partial charge in [-0.25, -0.2) is 9.97 Å². The van der Waals surface area contributed by atoms with Crippen molar-refractivity contribution in [1.82, 2.24) is 9.97 Å². The summed E-state index contributed by atoms with van der Waals surface area (Å²) in [4.78, 5) is 11.3. The van der Waals surface area contributed by atoms with E-state index >= 15 is 0 Å². The Kier molecular flexibility index (Phi) is 7.92. The standard InChI is InChI=1S/C30H26BrN3O2S/c1-2-4-22-7-13-26-27(15-16-32-30(26)33-22)34-28-18-24(36-19-20-5-3-6-21(31)17-20)10-14-29(28)37-25-11-8-23(35)9-12-25/h3,5-18,35H,2,4,19H2,1H3,(H,32,33,34). The molecule has 0 spiro atoms. The van der Waals surface area contributed by atoms with E-state index in [0.717, 1.165) is 66.5 Å². The Labute approximate surface area is 229 Å². The normalized spacial score (nSPS) is 11.0. The molecule has 0 aliphatic rings. The van der Waals surface area contributed by atoms with Crippen molar-refractivity contribution in [3.63, 3.8) is 0 Å². The first-order chi connectivity index (χ1) is 18.1. The molecule has 0 aliphatic heterocycles. The summed E-state index contributed by atoms with van der Waals surface area (Å²) in [5.74, 6) is 1.01. The summed E-state index contributed by atoms with van der Waals surface area (Å²) in [6, 6.07) is 27.5. The van der Waals surface area contributed by atoms with Crippen LogP contribution in [-0.4, -0.2) is 15.1 Å². The molecule has 7 heteroatoms. The first kappa shape index (κ1) is 25.1. The minimum absolute atomic E-state index is 0.247. The van der Waals surface area contributed by atoms with Gasteiger partial charge in [0.2, 0.25) is 0 Å². The Balaban J connectivity index is 1.47. The summed E-state index contributed by atoms with van der Waals surface area (Å²) in [5, 5.41) is 14.2. The number of aromatic nitrogens is 2. The number of hydrogen-bond donors (Lipinski definition) is 2. The zero-order valence-corrected chi connectivity index (χ0v) is 22.7. The van der Waals surface area contributed by atoms with Crippen LogP contribution in [0.25, 0.3) is 11.0 Å². The minimum atomic E-state index is 0.247. The Hall–Kier alpha value is -3.55. The van der Waals surface area contributed by atoms with E-state index < -0.39 is 0 Å². The van der Waals surface area contributed by atoms with E-state index in [1.165, 1.54) is 0 Å². The van der Waals surface area contributed by atoms with Crippen LogP contribution in [0.15, 0.2) is 105 Å². The van der Waals surface area contributed by atoms with Crippen molar-refractivity contribution in [2.75, 3.05) is 5.32 Å². The maximum absolute atomic E-state index is 9.68. The molecule has 0 fully saturated rings. The highest BCUT2D eigenvalue weighted by Gasteiger charge is 2.11. The highest BCUT2D eigenvalue weighted by molar-refractivity contribution is 9.10. The third-order valence-corrected chi connectivity index (χ3v) is 7.32. The summed E-state index contributed by atoms with van der Waals surface area (Å²) in [6.45, 7) is 2.61. The van der Waals surface area contributed by atoms with Crippen molar-refractivity contribution in [2.45, 2.75) is 36.2 Å². The summed E-state index contributed by atoms with van der Waals surface area (Å²) >= 11 is 5.14. The van der Waals surface area contributed by atoms with E-state index in [-0.39, 0.29) is 5.75 Å². The van der Waals surface area contributed by atoms with Crippen molar-refractivity contribution >= 4 is 50.1 Å². The molecule has 0 unspecified atom stereocenters. The van der Waals surface area contributed by atoms with Crippen LogP contribution in [0.1, 0.15) is 24.6 Å². The lowest BCUT2D eigenvalue weighted by atomic mass is 10.2. The number of phenols is 1. The van der Waals surface area contributed by atoms with Crippen LogP contribution in [0.4, 0.5) is 11.4 Å². The van der Waals surface area contributed by atoms with Gasteiger partial charge in [0.15, 0.2) is 5.65 Å². The number of halogens is 1. The lowest BCUT2D eigenvalue weighted by molar-refractivity contribution is 0.306. The van der Waals surface area contributed by atoms with Gasteiger partial charge in [-0.05, 0) is 78.7 Å². The minimum Gasteiger partial charge on any atom is -0.508 e. The van der Waals surface area contributed by atoms with Gasteiger partial charge in [-0.15, -0.1) is 0 Å². The molecular weight excluding hydrogens is 546 g/mol. The Morgan fingerprint density at radius 1 is 0.946 bits per heavy atom. The van der Waals surface area contributed by atoms with Gasteiger partial charge < -0.3 is 15.2 Å². The fourth-order valence-electron chi connectivity index (χ4n) is 3.94. The molecule has 0 amide bonds. The number of phenolic OH excluding ortho intramolecular Hbond substituents is 1. The molecule has 0 radical (unpaired) electrons. The highest BCUT2D eigenvalue weighted by atomic mass is 79.9. The van der Waals surface area contributed by atoms with E-state index in [9.17, 15) is 5.11 Å². The second-order valence-electron chi connectivity index (χ2n) is 8.58. The topological polar surface area (TPSA) is 67.3 Å². The Morgan fingerprint density at radius 3 is 2.62 bits per heavy atom. The van der Waals surface area contributed by atoms with E-state index in [2.05, 4.69) is 57.4 Å². The molecule has 0 saturated carbocycles. The van der Waals surface area contributed by atoms with Crippen molar-refractivity contribution < 1.29 is 9.84 Å². The van der Waals surface area contributed by atoms with E-state index in [4.69, 9.17) is 9.72 Å². The van der Waals surface area contributed by atoms with E-state index in [0.29, 0.717) is 6.61 Å². The number of benzene rings is 3. The average Bonchev–Trinajstić information content (AvgIpc) is 2.90. The van der Waals surface area contributed by atoms with Crippen LogP contribution in [-0.2, 0) is 13.0 Å². The number of ether oxygens (including phenoxy) is 1.